The molecule has 0 saturated carbocycles. The van der Waals surface area contributed by atoms with Gasteiger partial charge in [0.1, 0.15) is 5.69 Å². The molecule has 0 atom stereocenters. The van der Waals surface area contributed by atoms with Gasteiger partial charge < -0.3 is 15.8 Å². The number of aromatic nitrogens is 3. The number of halogens is 2. The molecule has 3 rings (SSSR count). The molecule has 0 saturated heterocycles. The summed E-state index contributed by atoms with van der Waals surface area (Å²) in [7, 11) is 0. The first-order valence-electron chi connectivity index (χ1n) is 9.23. The predicted molar refractivity (Wildman–Crippen MR) is 109 cm³/mol. The third-order valence-electron chi connectivity index (χ3n) is 4.33. The van der Waals surface area contributed by atoms with Crippen molar-refractivity contribution in [2.45, 2.75) is 40.0 Å². The Balaban J connectivity index is 1.83. The second-order valence-corrected chi connectivity index (χ2v) is 7.66. The highest BCUT2D eigenvalue weighted by atomic mass is 32.1. The third kappa shape index (κ3) is 5.33. The van der Waals surface area contributed by atoms with E-state index in [9.17, 15) is 13.6 Å². The normalized spacial score (nSPS) is 11.1. The Morgan fingerprint density at radius 2 is 2.10 bits per heavy atom. The number of aryl methyl sites for hydroxylation is 1. The van der Waals surface area contributed by atoms with Crippen molar-refractivity contribution >= 4 is 17.2 Å². The molecule has 0 aromatic carbocycles. The van der Waals surface area contributed by atoms with Crippen molar-refractivity contribution in [1.29, 1.82) is 0 Å². The zero-order chi connectivity index (χ0) is 21.7. The van der Waals surface area contributed by atoms with Gasteiger partial charge in [0.25, 0.3) is 5.91 Å². The molecule has 0 bridgehead atoms. The van der Waals surface area contributed by atoms with Gasteiger partial charge >= 0.3 is 6.61 Å². The average molecular weight is 433 g/mol. The van der Waals surface area contributed by atoms with Gasteiger partial charge in [-0.3, -0.25) is 4.79 Å². The van der Waals surface area contributed by atoms with Crippen LogP contribution in [0.15, 0.2) is 30.6 Å². The SMILES string of the molecule is CCc1c(-c2cnc(C)s2)cc(C(N)=O)nc1CNCc1ccnc(OC(F)F)c1. The van der Waals surface area contributed by atoms with Crippen LogP contribution in [0.3, 0.4) is 0 Å². The molecule has 0 spiro atoms. The largest absolute Gasteiger partial charge is 0.417 e. The first kappa shape index (κ1) is 21.7. The maximum atomic E-state index is 12.4. The van der Waals surface area contributed by atoms with Crippen LogP contribution in [-0.2, 0) is 19.5 Å². The molecule has 30 heavy (non-hydrogen) atoms. The van der Waals surface area contributed by atoms with Crippen LogP contribution in [0.1, 0.15) is 39.2 Å². The number of rotatable bonds is 9. The Morgan fingerprint density at radius 1 is 1.30 bits per heavy atom. The summed E-state index contributed by atoms with van der Waals surface area (Å²) in [6, 6.07) is 4.85. The van der Waals surface area contributed by atoms with Gasteiger partial charge in [0.2, 0.25) is 5.88 Å². The Hall–Kier alpha value is -2.98. The first-order chi connectivity index (χ1) is 14.4. The van der Waals surface area contributed by atoms with Gasteiger partial charge in [0.05, 0.1) is 15.6 Å². The lowest BCUT2D eigenvalue weighted by atomic mass is 10.0. The van der Waals surface area contributed by atoms with Gasteiger partial charge in [-0.05, 0) is 36.6 Å². The molecule has 0 radical (unpaired) electrons. The molecule has 3 heterocycles. The molecule has 10 heteroatoms. The summed E-state index contributed by atoms with van der Waals surface area (Å²) in [5.74, 6) is -0.750. The molecule has 0 aliphatic carbocycles. The summed E-state index contributed by atoms with van der Waals surface area (Å²) in [4.78, 5) is 25.2. The van der Waals surface area contributed by atoms with E-state index in [2.05, 4.69) is 25.0 Å². The molecule has 1 amide bonds. The molecule has 3 aromatic heterocycles. The highest BCUT2D eigenvalue weighted by molar-refractivity contribution is 7.15. The molecule has 0 aliphatic rings. The molecular formula is C20H21F2N5O2S. The van der Waals surface area contributed by atoms with Crippen molar-refractivity contribution in [2.75, 3.05) is 0 Å². The summed E-state index contributed by atoms with van der Waals surface area (Å²) in [6.07, 6.45) is 3.89. The maximum absolute atomic E-state index is 12.4. The van der Waals surface area contributed by atoms with Crippen LogP contribution in [0.5, 0.6) is 5.88 Å². The number of amides is 1. The predicted octanol–water partition coefficient (Wildman–Crippen LogP) is 3.46. The Kier molecular flexibility index (Phi) is 7.01. The Morgan fingerprint density at radius 3 is 2.73 bits per heavy atom. The van der Waals surface area contributed by atoms with Crippen molar-refractivity contribution in [1.82, 2.24) is 20.3 Å². The quantitative estimate of drug-likeness (QED) is 0.536. The van der Waals surface area contributed by atoms with E-state index in [-0.39, 0.29) is 11.6 Å². The minimum Gasteiger partial charge on any atom is -0.417 e. The van der Waals surface area contributed by atoms with Gasteiger partial charge in [-0.2, -0.15) is 8.78 Å². The van der Waals surface area contributed by atoms with E-state index in [4.69, 9.17) is 5.73 Å². The van der Waals surface area contributed by atoms with Crippen molar-refractivity contribution in [2.24, 2.45) is 5.73 Å². The summed E-state index contributed by atoms with van der Waals surface area (Å²) in [5, 5.41) is 4.15. The topological polar surface area (TPSA) is 103 Å². The second-order valence-electron chi connectivity index (χ2n) is 6.43. The molecule has 158 valence electrons. The van der Waals surface area contributed by atoms with Crippen LogP contribution >= 0.6 is 11.3 Å². The number of nitrogens with two attached hydrogens (primary N) is 1. The minimum atomic E-state index is -2.93. The van der Waals surface area contributed by atoms with Crippen LogP contribution < -0.4 is 15.8 Å². The Bertz CT molecular complexity index is 1040. The number of carbonyl (C=O) groups excluding carboxylic acids is 1. The fourth-order valence-corrected chi connectivity index (χ4v) is 3.86. The van der Waals surface area contributed by atoms with E-state index >= 15 is 0 Å². The lowest BCUT2D eigenvalue weighted by molar-refractivity contribution is -0.0529. The third-order valence-corrected chi connectivity index (χ3v) is 5.28. The molecule has 3 N–H and O–H groups in total. The average Bonchev–Trinajstić information content (AvgIpc) is 3.13. The molecular weight excluding hydrogens is 412 g/mol. The number of carbonyl (C=O) groups is 1. The van der Waals surface area contributed by atoms with E-state index < -0.39 is 12.5 Å². The second kappa shape index (κ2) is 9.68. The summed E-state index contributed by atoms with van der Waals surface area (Å²) in [6.45, 7) is 1.74. The minimum absolute atomic E-state index is 0.143. The Labute approximate surface area is 176 Å². The van der Waals surface area contributed by atoms with Crippen LogP contribution in [0.4, 0.5) is 8.78 Å². The van der Waals surface area contributed by atoms with Crippen molar-refractivity contribution in [3.63, 3.8) is 0 Å². The zero-order valence-electron chi connectivity index (χ0n) is 16.5. The van der Waals surface area contributed by atoms with Crippen LogP contribution in [0, 0.1) is 6.92 Å². The fraction of sp³-hybridized carbons (Fsp3) is 0.300. The highest BCUT2D eigenvalue weighted by Gasteiger charge is 2.17. The molecule has 0 unspecified atom stereocenters. The number of pyridine rings is 2. The van der Waals surface area contributed by atoms with E-state index in [0.29, 0.717) is 25.2 Å². The monoisotopic (exact) mass is 433 g/mol. The molecule has 3 aromatic rings. The standard InChI is InChI=1S/C20H21F2N5O2S/c1-3-13-14(17-10-26-11(2)30-17)7-15(19(23)28)27-16(13)9-24-8-12-4-5-25-18(6-12)29-20(21)22/h4-7,10,20,24H,3,8-9H2,1-2H3,(H2,23,28). The number of hydrogen-bond donors (Lipinski definition) is 2. The van der Waals surface area contributed by atoms with E-state index in [1.807, 2.05) is 13.8 Å². The maximum Gasteiger partial charge on any atom is 0.388 e. The van der Waals surface area contributed by atoms with Crippen molar-refractivity contribution in [3.05, 3.63) is 58.1 Å². The molecule has 0 aliphatic heterocycles. The molecule has 7 nitrogen and oxygen atoms in total. The van der Waals surface area contributed by atoms with Gasteiger partial charge in [-0.25, -0.2) is 15.0 Å². The van der Waals surface area contributed by atoms with E-state index in [1.165, 1.54) is 23.6 Å². The van der Waals surface area contributed by atoms with Crippen molar-refractivity contribution in [3.8, 4) is 16.3 Å². The smallest absolute Gasteiger partial charge is 0.388 e. The number of nitrogens with one attached hydrogen (secondary N) is 1. The first-order valence-corrected chi connectivity index (χ1v) is 10.0. The number of hydrogen-bond acceptors (Lipinski definition) is 7. The summed E-state index contributed by atoms with van der Waals surface area (Å²) in [5.41, 5.74) is 8.98. The van der Waals surface area contributed by atoms with E-state index in [0.717, 1.165) is 26.6 Å². The summed E-state index contributed by atoms with van der Waals surface area (Å²) >= 11 is 1.53. The van der Waals surface area contributed by atoms with Gasteiger partial charge in [-0.15, -0.1) is 11.3 Å². The van der Waals surface area contributed by atoms with Gasteiger partial charge in [0.15, 0.2) is 0 Å². The number of nitrogens with zero attached hydrogens (tertiary/aromatic N) is 3. The number of primary amides is 1. The summed E-state index contributed by atoms with van der Waals surface area (Å²) < 4.78 is 29.1. The van der Waals surface area contributed by atoms with E-state index in [1.54, 1.807) is 18.3 Å². The fourth-order valence-electron chi connectivity index (χ4n) is 3.04. The highest BCUT2D eigenvalue weighted by Crippen LogP contribution is 2.31. The zero-order valence-corrected chi connectivity index (χ0v) is 17.3. The molecule has 0 fully saturated rings. The van der Waals surface area contributed by atoms with Crippen LogP contribution in [0.25, 0.3) is 10.4 Å². The van der Waals surface area contributed by atoms with Crippen LogP contribution in [0.2, 0.25) is 0 Å². The number of alkyl halides is 2. The van der Waals surface area contributed by atoms with Crippen LogP contribution in [-0.4, -0.2) is 27.5 Å². The number of ether oxygens (including phenoxy) is 1. The van der Waals surface area contributed by atoms with Gasteiger partial charge in [-0.1, -0.05) is 6.92 Å². The van der Waals surface area contributed by atoms with Gasteiger partial charge in [0, 0.05) is 37.1 Å². The number of thiazole rings is 1. The van der Waals surface area contributed by atoms with Crippen molar-refractivity contribution < 1.29 is 18.3 Å². The lowest BCUT2D eigenvalue weighted by Gasteiger charge is -2.14. The lowest BCUT2D eigenvalue weighted by Crippen LogP contribution is -2.20.